The van der Waals surface area contributed by atoms with Crippen LogP contribution in [0.5, 0.6) is 0 Å². The van der Waals surface area contributed by atoms with E-state index in [4.69, 9.17) is 9.26 Å². The van der Waals surface area contributed by atoms with Gasteiger partial charge in [0.1, 0.15) is 0 Å². The van der Waals surface area contributed by atoms with E-state index in [1.807, 2.05) is 27.7 Å². The minimum atomic E-state index is -0.128. The van der Waals surface area contributed by atoms with Crippen LogP contribution >= 0.6 is 0 Å². The maximum atomic E-state index is 9.20. The van der Waals surface area contributed by atoms with Crippen molar-refractivity contribution >= 4 is 0 Å². The zero-order chi connectivity index (χ0) is 14.0. The fourth-order valence-corrected chi connectivity index (χ4v) is 2.19. The van der Waals surface area contributed by atoms with Crippen LogP contribution in [0.4, 0.5) is 0 Å². The van der Waals surface area contributed by atoms with E-state index < -0.39 is 0 Å². The normalized spacial score (nSPS) is 25.7. The summed E-state index contributed by atoms with van der Waals surface area (Å²) < 4.78 is 10.9. The number of aliphatic hydroxyl groups is 1. The van der Waals surface area contributed by atoms with Crippen LogP contribution in [0.3, 0.4) is 0 Å². The zero-order valence-electron chi connectivity index (χ0n) is 12.1. The molecular weight excluding hydrogens is 246 g/mol. The van der Waals surface area contributed by atoms with Gasteiger partial charge in [-0.05, 0) is 6.92 Å². The van der Waals surface area contributed by atoms with Crippen molar-refractivity contribution in [3.63, 3.8) is 0 Å². The predicted octanol–water partition coefficient (Wildman–Crippen LogP) is 0.949. The van der Waals surface area contributed by atoms with Crippen molar-refractivity contribution in [3.05, 3.63) is 11.7 Å². The van der Waals surface area contributed by atoms with Gasteiger partial charge >= 0.3 is 0 Å². The number of hydrogen-bond donors (Lipinski definition) is 1. The molecule has 0 spiro atoms. The van der Waals surface area contributed by atoms with E-state index in [1.54, 1.807) is 0 Å². The van der Waals surface area contributed by atoms with E-state index >= 15 is 0 Å². The van der Waals surface area contributed by atoms with Crippen molar-refractivity contribution in [1.82, 2.24) is 15.0 Å². The van der Waals surface area contributed by atoms with E-state index in [9.17, 15) is 5.11 Å². The minimum Gasteiger partial charge on any atom is -0.394 e. The van der Waals surface area contributed by atoms with Crippen molar-refractivity contribution < 1.29 is 14.4 Å². The summed E-state index contributed by atoms with van der Waals surface area (Å²) in [6.07, 6.45) is -0.0161. The number of hydrogen-bond acceptors (Lipinski definition) is 6. The average molecular weight is 269 g/mol. The number of nitrogens with zero attached hydrogens (tertiary/aromatic N) is 3. The van der Waals surface area contributed by atoms with Gasteiger partial charge in [-0.25, -0.2) is 0 Å². The number of ether oxygens (including phenoxy) is 1. The predicted molar refractivity (Wildman–Crippen MR) is 69.7 cm³/mol. The average Bonchev–Trinajstić information content (AvgIpc) is 2.76. The fraction of sp³-hybridized carbons (Fsp3) is 0.846. The molecule has 108 valence electrons. The molecule has 6 nitrogen and oxygen atoms in total. The van der Waals surface area contributed by atoms with Crippen LogP contribution in [0, 0.1) is 0 Å². The molecule has 1 aliphatic heterocycles. The van der Waals surface area contributed by atoms with Gasteiger partial charge in [0, 0.05) is 18.5 Å². The quantitative estimate of drug-likeness (QED) is 0.881. The van der Waals surface area contributed by atoms with Crippen LogP contribution < -0.4 is 0 Å². The Balaban J connectivity index is 1.99. The molecule has 1 aliphatic rings. The summed E-state index contributed by atoms with van der Waals surface area (Å²) in [4.78, 5) is 6.62. The molecular formula is C13H23N3O3. The first-order valence-corrected chi connectivity index (χ1v) is 6.70. The van der Waals surface area contributed by atoms with Gasteiger partial charge < -0.3 is 14.4 Å². The highest BCUT2D eigenvalue weighted by atomic mass is 16.5. The molecule has 0 radical (unpaired) electrons. The lowest BCUT2D eigenvalue weighted by Gasteiger charge is -2.35. The first-order chi connectivity index (χ1) is 8.88. The molecule has 6 heteroatoms. The molecule has 0 aliphatic carbocycles. The van der Waals surface area contributed by atoms with Crippen molar-refractivity contribution in [2.75, 3.05) is 19.7 Å². The highest BCUT2D eigenvalue weighted by molar-refractivity contribution is 4.98. The first-order valence-electron chi connectivity index (χ1n) is 6.70. The summed E-state index contributed by atoms with van der Waals surface area (Å²) >= 11 is 0. The molecule has 0 saturated carbocycles. The maximum absolute atomic E-state index is 9.20. The molecule has 1 N–H and O–H groups in total. The molecule has 1 aromatic heterocycles. The third-order valence-corrected chi connectivity index (χ3v) is 3.08. The standard InChI is InChI=1S/C13H23N3O3/c1-9-5-16(6-10(8-17)18-9)7-11-14-12(19-15-11)13(2,3)4/h9-10,17H,5-8H2,1-4H3. The molecule has 0 amide bonds. The van der Waals surface area contributed by atoms with Gasteiger partial charge in [-0.3, -0.25) is 4.90 Å². The van der Waals surface area contributed by atoms with E-state index in [0.717, 1.165) is 6.54 Å². The van der Waals surface area contributed by atoms with Crippen LogP contribution in [0.1, 0.15) is 39.4 Å². The van der Waals surface area contributed by atoms with Crippen molar-refractivity contribution in [1.29, 1.82) is 0 Å². The van der Waals surface area contributed by atoms with Gasteiger partial charge in [-0.15, -0.1) is 0 Å². The Morgan fingerprint density at radius 1 is 1.37 bits per heavy atom. The number of aliphatic hydroxyl groups excluding tert-OH is 1. The molecule has 0 aromatic carbocycles. The first kappa shape index (κ1) is 14.4. The molecule has 1 saturated heterocycles. The number of morpholine rings is 1. The Bertz CT molecular complexity index is 414. The lowest BCUT2D eigenvalue weighted by Crippen LogP contribution is -2.47. The van der Waals surface area contributed by atoms with Crippen molar-refractivity contribution in [2.24, 2.45) is 0 Å². The molecule has 2 unspecified atom stereocenters. The largest absolute Gasteiger partial charge is 0.394 e. The highest BCUT2D eigenvalue weighted by Gasteiger charge is 2.27. The minimum absolute atomic E-state index is 0.0420. The Kier molecular flexibility index (Phi) is 4.23. The number of aromatic nitrogens is 2. The summed E-state index contributed by atoms with van der Waals surface area (Å²) in [5.74, 6) is 1.35. The summed E-state index contributed by atoms with van der Waals surface area (Å²) in [6, 6.07) is 0. The SMILES string of the molecule is CC1CN(Cc2noc(C(C)(C)C)n2)CC(CO)O1. The molecule has 1 aromatic rings. The lowest BCUT2D eigenvalue weighted by molar-refractivity contribution is -0.0978. The Hall–Kier alpha value is -0.980. The molecule has 2 atom stereocenters. The van der Waals surface area contributed by atoms with E-state index in [1.165, 1.54) is 0 Å². The monoisotopic (exact) mass is 269 g/mol. The van der Waals surface area contributed by atoms with Crippen molar-refractivity contribution in [3.8, 4) is 0 Å². The van der Waals surface area contributed by atoms with Crippen molar-refractivity contribution in [2.45, 2.75) is 51.9 Å². The van der Waals surface area contributed by atoms with E-state index in [-0.39, 0.29) is 24.2 Å². The van der Waals surface area contributed by atoms with Crippen LogP contribution in [0.15, 0.2) is 4.52 Å². The van der Waals surface area contributed by atoms with Gasteiger partial charge in [0.2, 0.25) is 5.89 Å². The zero-order valence-corrected chi connectivity index (χ0v) is 12.1. The topological polar surface area (TPSA) is 71.6 Å². The Morgan fingerprint density at radius 2 is 2.11 bits per heavy atom. The maximum Gasteiger partial charge on any atom is 0.232 e. The van der Waals surface area contributed by atoms with Crippen LogP contribution in [0.2, 0.25) is 0 Å². The fourth-order valence-electron chi connectivity index (χ4n) is 2.19. The smallest absolute Gasteiger partial charge is 0.232 e. The number of rotatable bonds is 3. The van der Waals surface area contributed by atoms with Gasteiger partial charge in [-0.2, -0.15) is 4.98 Å². The summed E-state index contributed by atoms with van der Waals surface area (Å²) in [7, 11) is 0. The molecule has 2 heterocycles. The van der Waals surface area contributed by atoms with E-state index in [2.05, 4.69) is 15.0 Å². The third-order valence-electron chi connectivity index (χ3n) is 3.08. The van der Waals surface area contributed by atoms with Gasteiger partial charge in [0.15, 0.2) is 5.82 Å². The molecule has 19 heavy (non-hydrogen) atoms. The van der Waals surface area contributed by atoms with Crippen LogP contribution in [-0.2, 0) is 16.7 Å². The second-order valence-electron chi connectivity index (χ2n) is 6.21. The lowest BCUT2D eigenvalue weighted by atomic mass is 9.97. The van der Waals surface area contributed by atoms with E-state index in [0.29, 0.717) is 24.8 Å². The van der Waals surface area contributed by atoms with Crippen LogP contribution in [-0.4, -0.2) is 52.1 Å². The third kappa shape index (κ3) is 3.75. The Morgan fingerprint density at radius 3 is 2.68 bits per heavy atom. The van der Waals surface area contributed by atoms with Gasteiger partial charge in [0.25, 0.3) is 0 Å². The van der Waals surface area contributed by atoms with Gasteiger partial charge in [-0.1, -0.05) is 25.9 Å². The second-order valence-corrected chi connectivity index (χ2v) is 6.21. The van der Waals surface area contributed by atoms with Crippen LogP contribution in [0.25, 0.3) is 0 Å². The summed E-state index contributed by atoms with van der Waals surface area (Å²) in [5, 5.41) is 13.2. The Labute approximate surface area is 113 Å². The summed E-state index contributed by atoms with van der Waals surface area (Å²) in [6.45, 7) is 10.3. The highest BCUT2D eigenvalue weighted by Crippen LogP contribution is 2.20. The molecule has 1 fully saturated rings. The second kappa shape index (κ2) is 5.56. The molecule has 0 bridgehead atoms. The summed E-state index contributed by atoms with van der Waals surface area (Å²) in [5.41, 5.74) is -0.128. The molecule has 2 rings (SSSR count). The van der Waals surface area contributed by atoms with Gasteiger partial charge in [0.05, 0.1) is 25.4 Å².